The first-order valence-corrected chi connectivity index (χ1v) is 14.6. The van der Waals surface area contributed by atoms with Gasteiger partial charge in [0.1, 0.15) is 11.4 Å². The number of cyclic esters (lactones) is 1. The van der Waals surface area contributed by atoms with Gasteiger partial charge in [0.05, 0.1) is 11.7 Å². The van der Waals surface area contributed by atoms with Crippen molar-refractivity contribution < 1.29 is 23.8 Å². The quantitative estimate of drug-likeness (QED) is 0.290. The minimum Gasteiger partial charge on any atom is -0.457 e. The van der Waals surface area contributed by atoms with Crippen LogP contribution in [0, 0.1) is 17.8 Å². The zero-order valence-corrected chi connectivity index (χ0v) is 24.8. The summed E-state index contributed by atoms with van der Waals surface area (Å²) in [7, 11) is -0.705. The van der Waals surface area contributed by atoms with Crippen LogP contribution in [-0.2, 0) is 30.7 Å². The molecule has 1 aliphatic heterocycles. The number of rotatable bonds is 7. The molecule has 0 bridgehead atoms. The highest BCUT2D eigenvalue weighted by Crippen LogP contribution is 2.39. The van der Waals surface area contributed by atoms with Crippen molar-refractivity contribution in [3.63, 3.8) is 0 Å². The van der Waals surface area contributed by atoms with E-state index in [-0.39, 0.29) is 23.0 Å². The Morgan fingerprint density at radius 2 is 1.81 bits per heavy atom. The molecular formula is C30H44O5Si. The van der Waals surface area contributed by atoms with Gasteiger partial charge >= 0.3 is 5.97 Å². The number of carbonyl (C=O) groups is 1. The minimum atomic E-state index is -1.28. The Morgan fingerprint density at radius 3 is 2.39 bits per heavy atom. The van der Waals surface area contributed by atoms with Crippen LogP contribution in [0.2, 0.25) is 5.04 Å². The van der Waals surface area contributed by atoms with Gasteiger partial charge in [0.25, 0.3) is 0 Å². The molecule has 36 heavy (non-hydrogen) atoms. The molecule has 2 aliphatic rings. The first-order chi connectivity index (χ1) is 16.6. The maximum Gasteiger partial charge on any atom is 0.337 e. The molecular weight excluding hydrogens is 468 g/mol. The fourth-order valence-electron chi connectivity index (χ4n) is 5.02. The van der Waals surface area contributed by atoms with E-state index in [9.17, 15) is 9.90 Å². The fourth-order valence-corrected chi connectivity index (χ4v) is 5.97. The van der Waals surface area contributed by atoms with E-state index >= 15 is 0 Å². The van der Waals surface area contributed by atoms with Gasteiger partial charge in [-0.15, -0.1) is 0 Å². The van der Waals surface area contributed by atoms with Crippen molar-refractivity contribution in [3.05, 3.63) is 46.7 Å². The van der Waals surface area contributed by atoms with Gasteiger partial charge in [0.2, 0.25) is 5.79 Å². The summed E-state index contributed by atoms with van der Waals surface area (Å²) in [5.74, 6) is 5.42. The molecule has 1 unspecified atom stereocenters. The Morgan fingerprint density at radius 1 is 1.14 bits per heavy atom. The average molecular weight is 513 g/mol. The molecule has 1 N–H and O–H groups in total. The molecule has 0 aromatic heterocycles. The van der Waals surface area contributed by atoms with E-state index in [4.69, 9.17) is 13.9 Å². The number of benzene rings is 1. The van der Waals surface area contributed by atoms with E-state index in [1.165, 1.54) is 17.2 Å². The summed E-state index contributed by atoms with van der Waals surface area (Å²) >= 11 is 0. The summed E-state index contributed by atoms with van der Waals surface area (Å²) in [5, 5.41) is 12.0. The van der Waals surface area contributed by atoms with Gasteiger partial charge < -0.3 is 19.0 Å². The number of carbonyl (C=O) groups excluding carboxylic acids is 1. The van der Waals surface area contributed by atoms with E-state index in [1.807, 2.05) is 6.07 Å². The van der Waals surface area contributed by atoms with Crippen LogP contribution in [-0.4, -0.2) is 32.2 Å². The molecule has 6 heteroatoms. The van der Waals surface area contributed by atoms with Gasteiger partial charge in [-0.2, -0.15) is 0 Å². The van der Waals surface area contributed by atoms with Gasteiger partial charge in [-0.05, 0) is 67.3 Å². The van der Waals surface area contributed by atoms with Gasteiger partial charge in [0, 0.05) is 25.8 Å². The zero-order chi connectivity index (χ0) is 26.8. The second kappa shape index (κ2) is 10.7. The normalized spacial score (nSPS) is 20.4. The van der Waals surface area contributed by atoms with E-state index in [0.717, 1.165) is 37.7 Å². The van der Waals surface area contributed by atoms with Crippen LogP contribution in [0.3, 0.4) is 0 Å². The van der Waals surface area contributed by atoms with Crippen molar-refractivity contribution >= 4 is 15.7 Å². The number of hydrogen-bond acceptors (Lipinski definition) is 5. The summed E-state index contributed by atoms with van der Waals surface area (Å²) in [5.41, 5.74) is 1.64. The molecule has 198 valence electrons. The molecule has 1 atom stereocenters. The lowest BCUT2D eigenvalue weighted by Gasteiger charge is -2.35. The Kier molecular flexibility index (Phi) is 8.49. The minimum absolute atomic E-state index is 0.0372. The van der Waals surface area contributed by atoms with Crippen molar-refractivity contribution in [2.45, 2.75) is 116 Å². The maximum atomic E-state index is 12.1. The van der Waals surface area contributed by atoms with Crippen LogP contribution in [0.15, 0.2) is 30.0 Å². The third-order valence-corrected chi connectivity index (χ3v) is 8.63. The molecule has 0 saturated heterocycles. The third kappa shape index (κ3) is 7.47. The molecule has 0 spiro atoms. The first-order valence-electron chi connectivity index (χ1n) is 13.3. The molecule has 1 saturated carbocycles. The van der Waals surface area contributed by atoms with Crippen LogP contribution in [0.1, 0.15) is 104 Å². The summed E-state index contributed by atoms with van der Waals surface area (Å²) in [6, 6.07) is 6.27. The Hall–Kier alpha value is -2.07. The van der Waals surface area contributed by atoms with Gasteiger partial charge in [-0.3, -0.25) is 0 Å². The highest BCUT2D eigenvalue weighted by atomic mass is 28.2. The highest BCUT2D eigenvalue weighted by Gasteiger charge is 2.41. The fraction of sp³-hybridized carbons (Fsp3) is 0.633. The monoisotopic (exact) mass is 512 g/mol. The molecule has 1 aromatic carbocycles. The molecule has 1 heterocycles. The number of ether oxygens (including phenoxy) is 2. The average Bonchev–Trinajstić information content (AvgIpc) is 3.30. The van der Waals surface area contributed by atoms with Crippen LogP contribution in [0.25, 0.3) is 0 Å². The van der Waals surface area contributed by atoms with E-state index in [0.29, 0.717) is 5.76 Å². The van der Waals surface area contributed by atoms with Gasteiger partial charge in [0.15, 0.2) is 9.76 Å². The predicted molar refractivity (Wildman–Crippen MR) is 146 cm³/mol. The van der Waals surface area contributed by atoms with Crippen molar-refractivity contribution in [2.75, 3.05) is 0 Å². The lowest BCUT2D eigenvalue weighted by atomic mass is 9.82. The Bertz CT molecular complexity index is 1050. The lowest BCUT2D eigenvalue weighted by Crippen LogP contribution is -2.40. The van der Waals surface area contributed by atoms with Crippen molar-refractivity contribution in [1.82, 2.24) is 0 Å². The van der Waals surface area contributed by atoms with Gasteiger partial charge in [-0.1, -0.05) is 58.4 Å². The summed E-state index contributed by atoms with van der Waals surface area (Å²) in [6.45, 7) is 16.5. The standard InChI is InChI=1S/C30H44O5Si/c1-9-22-18-21(14-15-25(22)28(5,6)35-36-27(2,3)4)16-17-30(32,23-12-10-11-13-23)20-24-19-26(31)34-29(7,8)33-24/h14-15,18-19,23,32H,9-13,20,36H2,1-8H3. The number of aryl methyl sites for hydroxylation is 1. The van der Waals surface area contributed by atoms with E-state index in [2.05, 4.69) is 65.5 Å². The lowest BCUT2D eigenvalue weighted by molar-refractivity contribution is -0.207. The molecule has 1 aromatic rings. The molecule has 0 amide bonds. The third-order valence-electron chi connectivity index (χ3n) is 6.90. The van der Waals surface area contributed by atoms with Crippen LogP contribution >= 0.6 is 0 Å². The van der Waals surface area contributed by atoms with Crippen molar-refractivity contribution in [3.8, 4) is 11.8 Å². The predicted octanol–water partition coefficient (Wildman–Crippen LogP) is 5.66. The van der Waals surface area contributed by atoms with E-state index < -0.39 is 27.1 Å². The largest absolute Gasteiger partial charge is 0.457 e. The smallest absolute Gasteiger partial charge is 0.337 e. The zero-order valence-electron chi connectivity index (χ0n) is 23.4. The van der Waals surface area contributed by atoms with Crippen LogP contribution in [0.4, 0.5) is 0 Å². The maximum absolute atomic E-state index is 12.1. The van der Waals surface area contributed by atoms with Crippen molar-refractivity contribution in [2.24, 2.45) is 5.92 Å². The summed E-state index contributed by atoms with van der Waals surface area (Å²) in [6.07, 6.45) is 6.34. The molecule has 3 rings (SSSR count). The Labute approximate surface area is 219 Å². The summed E-state index contributed by atoms with van der Waals surface area (Å²) < 4.78 is 17.5. The van der Waals surface area contributed by atoms with Crippen molar-refractivity contribution in [1.29, 1.82) is 0 Å². The Balaban J connectivity index is 1.89. The number of hydrogen-bond donors (Lipinski definition) is 1. The SMILES string of the molecule is CCc1cc(C#CC(O)(CC2=CC(=O)OC(C)(C)O2)C2CCCC2)ccc1C(C)(C)O[SiH2]C(C)(C)C. The van der Waals surface area contributed by atoms with Crippen LogP contribution < -0.4 is 0 Å². The van der Waals surface area contributed by atoms with E-state index in [1.54, 1.807) is 13.8 Å². The molecule has 1 fully saturated rings. The van der Waals surface area contributed by atoms with Crippen LogP contribution in [0.5, 0.6) is 0 Å². The highest BCUT2D eigenvalue weighted by molar-refractivity contribution is 6.31. The molecule has 5 nitrogen and oxygen atoms in total. The first kappa shape index (κ1) is 28.5. The van der Waals surface area contributed by atoms with Gasteiger partial charge in [-0.25, -0.2) is 4.79 Å². The number of aliphatic hydroxyl groups is 1. The summed E-state index contributed by atoms with van der Waals surface area (Å²) in [4.78, 5) is 12.1. The second-order valence-electron chi connectivity index (χ2n) is 12.5. The number of esters is 1. The second-order valence-corrected chi connectivity index (χ2v) is 15.1. The topological polar surface area (TPSA) is 65.0 Å². The molecule has 1 aliphatic carbocycles. The molecule has 0 radical (unpaired) electrons.